The number of carbonyl (C=O) groups is 1. The molecule has 19 nitrogen and oxygen atoms in total. The van der Waals surface area contributed by atoms with Crippen molar-refractivity contribution in [1.82, 2.24) is 5.32 Å². The molecule has 3 aliphatic rings. The Kier molecular flexibility index (Phi) is 44.8. The Morgan fingerprint density at radius 1 is 0.430 bits per heavy atom. The number of hydrogen-bond acceptors (Lipinski definition) is 18. The van der Waals surface area contributed by atoms with Crippen LogP contribution in [0.1, 0.15) is 239 Å². The molecular formula is C67H121NO18. The van der Waals surface area contributed by atoms with Gasteiger partial charge in [-0.25, -0.2) is 0 Å². The van der Waals surface area contributed by atoms with E-state index in [2.05, 4.69) is 67.8 Å². The Morgan fingerprint density at radius 2 is 0.802 bits per heavy atom. The van der Waals surface area contributed by atoms with Gasteiger partial charge in [-0.15, -0.1) is 0 Å². The average Bonchev–Trinajstić information content (AvgIpc) is 1.41. The quantitative estimate of drug-likeness (QED) is 0.0202. The zero-order valence-electron chi connectivity index (χ0n) is 52.8. The first-order valence-corrected chi connectivity index (χ1v) is 33.9. The van der Waals surface area contributed by atoms with Crippen LogP contribution in [0.3, 0.4) is 0 Å². The van der Waals surface area contributed by atoms with Gasteiger partial charge in [0.25, 0.3) is 0 Å². The highest BCUT2D eigenvalue weighted by Crippen LogP contribution is 2.33. The molecule has 502 valence electrons. The first-order chi connectivity index (χ1) is 41.8. The molecule has 3 fully saturated rings. The molecule has 17 unspecified atom stereocenters. The van der Waals surface area contributed by atoms with Crippen LogP contribution in [0, 0.1) is 0 Å². The minimum atomic E-state index is -1.97. The first-order valence-electron chi connectivity index (χ1n) is 33.9. The predicted molar refractivity (Wildman–Crippen MR) is 332 cm³/mol. The molecule has 3 aliphatic heterocycles. The zero-order valence-corrected chi connectivity index (χ0v) is 52.8. The number of rotatable bonds is 51. The summed E-state index contributed by atoms with van der Waals surface area (Å²) in [6, 6.07) is -0.881. The van der Waals surface area contributed by atoms with E-state index in [1.54, 1.807) is 0 Å². The second-order valence-electron chi connectivity index (χ2n) is 24.3. The number of hydrogen-bond donors (Lipinski definition) is 12. The molecule has 86 heavy (non-hydrogen) atoms. The standard InChI is InChI=1S/C67H121NO18/c1-3-5-7-9-10-11-12-13-14-15-16-17-18-19-20-21-22-23-24-25-26-27-28-29-30-31-32-33-34-35-36-37-38-39-40-41-43-45-55(73)68-50(51(72)44-42-8-6-4-2)49-81-65-61(79)58(76)63(53(47-70)83-65)86-67-62(80)59(77)64(54(48-71)84-67)85-66-60(78)57(75)56(74)52(46-69)82-66/h5,7,10-11,13-14,16-17,50-54,56-67,69-72,74-80H,3-4,6,8-9,12,15,18-49H2,1-2H3,(H,68,73)/b7-5-,11-10-,14-13-,17-16-. The summed E-state index contributed by atoms with van der Waals surface area (Å²) in [6.45, 7) is 1.54. The van der Waals surface area contributed by atoms with E-state index in [4.69, 9.17) is 28.4 Å². The van der Waals surface area contributed by atoms with E-state index in [-0.39, 0.29) is 18.9 Å². The van der Waals surface area contributed by atoms with Gasteiger partial charge in [-0.1, -0.05) is 229 Å². The molecule has 12 N–H and O–H groups in total. The predicted octanol–water partition coefficient (Wildman–Crippen LogP) is 8.22. The van der Waals surface area contributed by atoms with Crippen molar-refractivity contribution in [2.24, 2.45) is 0 Å². The maximum atomic E-state index is 13.2. The van der Waals surface area contributed by atoms with Crippen molar-refractivity contribution in [2.45, 2.75) is 343 Å². The van der Waals surface area contributed by atoms with E-state index in [1.165, 1.54) is 135 Å². The van der Waals surface area contributed by atoms with Crippen molar-refractivity contribution in [3.8, 4) is 0 Å². The smallest absolute Gasteiger partial charge is 0.220 e. The summed E-state index contributed by atoms with van der Waals surface area (Å²) in [7, 11) is 0. The fourth-order valence-corrected chi connectivity index (χ4v) is 11.4. The largest absolute Gasteiger partial charge is 0.394 e. The van der Waals surface area contributed by atoms with Crippen LogP contribution in [-0.2, 0) is 33.2 Å². The number of aliphatic hydroxyl groups is 11. The van der Waals surface area contributed by atoms with Crippen molar-refractivity contribution < 1.29 is 89.4 Å². The highest BCUT2D eigenvalue weighted by Gasteiger charge is 2.53. The van der Waals surface area contributed by atoms with Crippen molar-refractivity contribution in [3.63, 3.8) is 0 Å². The van der Waals surface area contributed by atoms with E-state index < -0.39 is 124 Å². The van der Waals surface area contributed by atoms with E-state index in [1.807, 2.05) is 0 Å². The summed E-state index contributed by atoms with van der Waals surface area (Å²) in [6.07, 6.45) is 32.0. The second kappa shape index (κ2) is 49.5. The van der Waals surface area contributed by atoms with Gasteiger partial charge < -0.3 is 89.9 Å². The number of allylic oxidation sites excluding steroid dienone is 8. The van der Waals surface area contributed by atoms with Crippen molar-refractivity contribution in [1.29, 1.82) is 0 Å². The van der Waals surface area contributed by atoms with Gasteiger partial charge in [0.05, 0.1) is 38.6 Å². The normalized spacial score (nSPS) is 29.1. The Balaban J connectivity index is 1.22. The third-order valence-corrected chi connectivity index (χ3v) is 16.9. The minimum Gasteiger partial charge on any atom is -0.394 e. The van der Waals surface area contributed by atoms with E-state index in [0.717, 1.165) is 64.2 Å². The van der Waals surface area contributed by atoms with Crippen LogP contribution in [0.25, 0.3) is 0 Å². The summed E-state index contributed by atoms with van der Waals surface area (Å²) < 4.78 is 34.1. The van der Waals surface area contributed by atoms with Crippen LogP contribution in [-0.4, -0.2) is 193 Å². The van der Waals surface area contributed by atoms with Crippen LogP contribution >= 0.6 is 0 Å². The summed E-state index contributed by atoms with van der Waals surface area (Å²) in [5, 5.41) is 120. The molecule has 3 heterocycles. The molecular weight excluding hydrogens is 1110 g/mol. The number of aliphatic hydroxyl groups excluding tert-OH is 11. The molecule has 0 spiro atoms. The SMILES string of the molecule is CC/C=C\C/C=C\C/C=C\C/C=C\CCCCCCCCCCCCCCCCCCCCCCCCCCC(=O)NC(COC1OC(CO)C(OC2OC(CO)C(OC3OC(CO)C(O)C(O)C3O)C(O)C2O)C(O)C1O)C(O)CCCCCC. The highest BCUT2D eigenvalue weighted by atomic mass is 16.8. The van der Waals surface area contributed by atoms with Crippen LogP contribution in [0.15, 0.2) is 48.6 Å². The third kappa shape index (κ3) is 31.7. The number of unbranched alkanes of at least 4 members (excludes halogenated alkanes) is 27. The number of carbonyl (C=O) groups excluding carboxylic acids is 1. The second-order valence-corrected chi connectivity index (χ2v) is 24.3. The number of ether oxygens (including phenoxy) is 6. The van der Waals surface area contributed by atoms with E-state index in [9.17, 15) is 61.0 Å². The molecule has 0 aromatic rings. The van der Waals surface area contributed by atoms with Gasteiger partial charge in [0, 0.05) is 6.42 Å². The lowest BCUT2D eigenvalue weighted by atomic mass is 9.96. The van der Waals surface area contributed by atoms with Crippen molar-refractivity contribution in [3.05, 3.63) is 48.6 Å². The summed E-state index contributed by atoms with van der Waals surface area (Å²) in [5.41, 5.74) is 0. The highest BCUT2D eigenvalue weighted by molar-refractivity contribution is 5.76. The maximum Gasteiger partial charge on any atom is 0.220 e. The van der Waals surface area contributed by atoms with Gasteiger partial charge in [-0.05, 0) is 51.4 Å². The van der Waals surface area contributed by atoms with Gasteiger partial charge in [-0.3, -0.25) is 4.79 Å². The molecule has 3 saturated heterocycles. The van der Waals surface area contributed by atoms with Gasteiger partial charge in [0.15, 0.2) is 18.9 Å². The zero-order chi connectivity index (χ0) is 62.6. The molecule has 0 aromatic carbocycles. The molecule has 0 saturated carbocycles. The van der Waals surface area contributed by atoms with E-state index >= 15 is 0 Å². The van der Waals surface area contributed by atoms with E-state index in [0.29, 0.717) is 19.3 Å². The van der Waals surface area contributed by atoms with Crippen LogP contribution in [0.2, 0.25) is 0 Å². The maximum absolute atomic E-state index is 13.2. The molecule has 17 atom stereocenters. The lowest BCUT2D eigenvalue weighted by Crippen LogP contribution is -2.66. The molecule has 1 amide bonds. The molecule has 3 rings (SSSR count). The Bertz CT molecular complexity index is 1750. The summed E-state index contributed by atoms with van der Waals surface area (Å²) in [5.74, 6) is -0.250. The Hall–Kier alpha value is -2.25. The van der Waals surface area contributed by atoms with Gasteiger partial charge >= 0.3 is 0 Å². The van der Waals surface area contributed by atoms with Gasteiger partial charge in [0.1, 0.15) is 73.2 Å². The fourth-order valence-electron chi connectivity index (χ4n) is 11.4. The Morgan fingerprint density at radius 3 is 1.24 bits per heavy atom. The topological polar surface area (TPSA) is 307 Å². The fraction of sp³-hybridized carbons (Fsp3) is 0.866. The summed E-state index contributed by atoms with van der Waals surface area (Å²) >= 11 is 0. The van der Waals surface area contributed by atoms with Gasteiger partial charge in [0.2, 0.25) is 5.91 Å². The van der Waals surface area contributed by atoms with Crippen LogP contribution in [0.5, 0.6) is 0 Å². The minimum absolute atomic E-state index is 0.250. The van der Waals surface area contributed by atoms with Crippen LogP contribution in [0.4, 0.5) is 0 Å². The first kappa shape index (κ1) is 78.0. The number of nitrogens with one attached hydrogen (secondary N) is 1. The molecule has 0 aliphatic carbocycles. The van der Waals surface area contributed by atoms with Crippen LogP contribution < -0.4 is 5.32 Å². The average molecular weight is 1230 g/mol. The number of amides is 1. The molecule has 0 bridgehead atoms. The lowest BCUT2D eigenvalue weighted by Gasteiger charge is -2.48. The summed E-state index contributed by atoms with van der Waals surface area (Å²) in [4.78, 5) is 13.2. The lowest BCUT2D eigenvalue weighted by molar-refractivity contribution is -0.379. The monoisotopic (exact) mass is 1230 g/mol. The molecule has 0 aromatic heterocycles. The molecule has 19 heteroatoms. The molecule has 0 radical (unpaired) electrons. The van der Waals surface area contributed by atoms with Gasteiger partial charge in [-0.2, -0.15) is 0 Å². The van der Waals surface area contributed by atoms with Crippen molar-refractivity contribution in [2.75, 3.05) is 26.4 Å². The Labute approximate surface area is 516 Å². The van der Waals surface area contributed by atoms with Crippen molar-refractivity contribution >= 4 is 5.91 Å². The third-order valence-electron chi connectivity index (χ3n) is 16.9.